The standard InChI is InChI=1S/C20H28N6O/c1-24-9-4-15(12-24)26-13-20(5-2-17(26)27)6-10-25(11-7-20)19-16-3-8-21-18(16)22-14-23-19/h3,8,14-15H,2,4-7,9-13H2,1H3,(H,21,22,23)/t15-/m0/s1. The number of carbonyl (C=O) groups is 1. The molecule has 0 saturated carbocycles. The smallest absolute Gasteiger partial charge is 0.222 e. The number of rotatable bonds is 2. The van der Waals surface area contributed by atoms with E-state index >= 15 is 0 Å². The molecule has 3 aliphatic heterocycles. The summed E-state index contributed by atoms with van der Waals surface area (Å²) in [4.78, 5) is 31.6. The Labute approximate surface area is 159 Å². The molecule has 0 radical (unpaired) electrons. The number of hydrogen-bond donors (Lipinski definition) is 1. The molecule has 2 aromatic heterocycles. The molecule has 0 bridgehead atoms. The van der Waals surface area contributed by atoms with Gasteiger partial charge >= 0.3 is 0 Å². The number of amides is 1. The topological polar surface area (TPSA) is 68.4 Å². The number of carbonyl (C=O) groups excluding carboxylic acids is 1. The molecule has 1 N–H and O–H groups in total. The maximum absolute atomic E-state index is 12.6. The number of nitrogens with zero attached hydrogens (tertiary/aromatic N) is 5. The zero-order valence-electron chi connectivity index (χ0n) is 16.0. The molecule has 3 fully saturated rings. The zero-order valence-corrected chi connectivity index (χ0v) is 16.0. The highest BCUT2D eigenvalue weighted by Gasteiger charge is 2.44. The predicted octanol–water partition coefficient (Wildman–Crippen LogP) is 1.87. The highest BCUT2D eigenvalue weighted by atomic mass is 16.2. The third-order valence-electron chi connectivity index (χ3n) is 6.96. The van der Waals surface area contributed by atoms with Gasteiger partial charge in [-0.2, -0.15) is 0 Å². The van der Waals surface area contributed by atoms with Gasteiger partial charge in [0.1, 0.15) is 17.8 Å². The Kier molecular flexibility index (Phi) is 4.07. The van der Waals surface area contributed by atoms with Crippen molar-refractivity contribution in [3.05, 3.63) is 18.6 Å². The molecule has 3 aliphatic rings. The largest absolute Gasteiger partial charge is 0.356 e. The Hall–Kier alpha value is -2.15. The zero-order chi connectivity index (χ0) is 18.4. The molecule has 27 heavy (non-hydrogen) atoms. The van der Waals surface area contributed by atoms with E-state index in [4.69, 9.17) is 0 Å². The molecule has 1 spiro atoms. The number of hydrogen-bond acceptors (Lipinski definition) is 5. The fourth-order valence-corrected chi connectivity index (χ4v) is 5.25. The maximum atomic E-state index is 12.6. The van der Waals surface area contributed by atoms with Crippen molar-refractivity contribution in [2.45, 2.75) is 38.1 Å². The van der Waals surface area contributed by atoms with Gasteiger partial charge in [0.2, 0.25) is 5.91 Å². The van der Waals surface area contributed by atoms with E-state index in [2.05, 4.69) is 42.8 Å². The summed E-state index contributed by atoms with van der Waals surface area (Å²) in [6, 6.07) is 2.48. The molecule has 3 saturated heterocycles. The summed E-state index contributed by atoms with van der Waals surface area (Å²) in [5, 5.41) is 1.10. The van der Waals surface area contributed by atoms with Crippen molar-refractivity contribution in [3.63, 3.8) is 0 Å². The van der Waals surface area contributed by atoms with Crippen molar-refractivity contribution in [2.75, 3.05) is 44.7 Å². The SMILES string of the molecule is CN1CC[C@H](N2CC3(CCC2=O)CCN(c2ncnc4[nH]ccc24)CC3)C1. The van der Waals surface area contributed by atoms with Crippen LogP contribution in [0.5, 0.6) is 0 Å². The summed E-state index contributed by atoms with van der Waals surface area (Å²) in [6.07, 6.45) is 8.73. The van der Waals surface area contributed by atoms with E-state index in [-0.39, 0.29) is 5.41 Å². The highest BCUT2D eigenvalue weighted by molar-refractivity contribution is 5.87. The van der Waals surface area contributed by atoms with Crippen LogP contribution in [0.1, 0.15) is 32.1 Å². The summed E-state index contributed by atoms with van der Waals surface area (Å²) in [7, 11) is 2.16. The summed E-state index contributed by atoms with van der Waals surface area (Å²) >= 11 is 0. The second-order valence-corrected chi connectivity index (χ2v) is 8.65. The second-order valence-electron chi connectivity index (χ2n) is 8.65. The molecule has 1 atom stereocenters. The molecule has 0 aliphatic carbocycles. The van der Waals surface area contributed by atoms with E-state index in [9.17, 15) is 4.79 Å². The highest BCUT2D eigenvalue weighted by Crippen LogP contribution is 2.42. The first-order valence-corrected chi connectivity index (χ1v) is 10.1. The van der Waals surface area contributed by atoms with Crippen LogP contribution in [0.2, 0.25) is 0 Å². The third kappa shape index (κ3) is 2.98. The lowest BCUT2D eigenvalue weighted by Gasteiger charge is -2.49. The van der Waals surface area contributed by atoms with E-state index in [1.54, 1.807) is 6.33 Å². The molecule has 5 heterocycles. The van der Waals surface area contributed by atoms with Gasteiger partial charge in [-0.3, -0.25) is 4.79 Å². The monoisotopic (exact) mass is 368 g/mol. The van der Waals surface area contributed by atoms with Crippen molar-refractivity contribution in [2.24, 2.45) is 5.41 Å². The van der Waals surface area contributed by atoms with Gasteiger partial charge in [0, 0.05) is 44.8 Å². The lowest BCUT2D eigenvalue weighted by atomic mass is 9.72. The Balaban J connectivity index is 1.30. The first-order valence-electron chi connectivity index (χ1n) is 10.1. The van der Waals surface area contributed by atoms with Gasteiger partial charge in [0.15, 0.2) is 0 Å². The quantitative estimate of drug-likeness (QED) is 0.876. The molecular weight excluding hydrogens is 340 g/mol. The molecular formula is C20H28N6O. The molecule has 1 amide bonds. The van der Waals surface area contributed by atoms with Gasteiger partial charge in [0.05, 0.1) is 5.39 Å². The third-order valence-corrected chi connectivity index (χ3v) is 6.96. The number of nitrogens with one attached hydrogen (secondary N) is 1. The van der Waals surface area contributed by atoms with Crippen LogP contribution >= 0.6 is 0 Å². The first kappa shape index (κ1) is 17.0. The average Bonchev–Trinajstić information content (AvgIpc) is 3.33. The average molecular weight is 368 g/mol. The van der Waals surface area contributed by atoms with E-state index in [0.29, 0.717) is 11.9 Å². The van der Waals surface area contributed by atoms with E-state index in [1.807, 2.05) is 6.20 Å². The number of anilines is 1. The lowest BCUT2D eigenvalue weighted by Crippen LogP contribution is -2.55. The molecule has 2 aromatic rings. The van der Waals surface area contributed by atoms with Crippen molar-refractivity contribution < 1.29 is 4.79 Å². The molecule has 7 heteroatoms. The van der Waals surface area contributed by atoms with Gasteiger partial charge < -0.3 is 19.7 Å². The van der Waals surface area contributed by atoms with Crippen molar-refractivity contribution >= 4 is 22.8 Å². The summed E-state index contributed by atoms with van der Waals surface area (Å²) in [5.41, 5.74) is 1.19. The number of likely N-dealkylation sites (N-methyl/N-ethyl adjacent to an activating group) is 1. The number of aromatic nitrogens is 3. The van der Waals surface area contributed by atoms with Gasteiger partial charge in [-0.25, -0.2) is 9.97 Å². The summed E-state index contributed by atoms with van der Waals surface area (Å²) < 4.78 is 0. The normalized spacial score (nSPS) is 26.4. The fourth-order valence-electron chi connectivity index (χ4n) is 5.25. The Morgan fingerprint density at radius 1 is 1.19 bits per heavy atom. The maximum Gasteiger partial charge on any atom is 0.222 e. The van der Waals surface area contributed by atoms with Crippen LogP contribution < -0.4 is 4.90 Å². The summed E-state index contributed by atoms with van der Waals surface area (Å²) in [5.74, 6) is 1.41. The fraction of sp³-hybridized carbons (Fsp3) is 0.650. The van der Waals surface area contributed by atoms with Crippen LogP contribution in [-0.2, 0) is 4.79 Å². The first-order chi connectivity index (χ1) is 13.1. The van der Waals surface area contributed by atoms with Crippen molar-refractivity contribution in [1.82, 2.24) is 24.8 Å². The van der Waals surface area contributed by atoms with Crippen LogP contribution in [0.3, 0.4) is 0 Å². The molecule has 0 aromatic carbocycles. The van der Waals surface area contributed by atoms with Gasteiger partial charge in [-0.1, -0.05) is 0 Å². The van der Waals surface area contributed by atoms with Crippen molar-refractivity contribution in [1.29, 1.82) is 0 Å². The van der Waals surface area contributed by atoms with Gasteiger partial charge in [-0.05, 0) is 50.8 Å². The summed E-state index contributed by atoms with van der Waals surface area (Å²) in [6.45, 7) is 5.09. The van der Waals surface area contributed by atoms with Crippen LogP contribution in [0.4, 0.5) is 5.82 Å². The number of likely N-dealkylation sites (tertiary alicyclic amines) is 2. The van der Waals surface area contributed by atoms with Gasteiger partial charge in [0.25, 0.3) is 0 Å². The minimum absolute atomic E-state index is 0.288. The Morgan fingerprint density at radius 3 is 2.81 bits per heavy atom. The molecule has 0 unspecified atom stereocenters. The minimum Gasteiger partial charge on any atom is -0.356 e. The molecule has 7 nitrogen and oxygen atoms in total. The molecule has 5 rings (SSSR count). The predicted molar refractivity (Wildman–Crippen MR) is 105 cm³/mol. The van der Waals surface area contributed by atoms with E-state index in [0.717, 1.165) is 81.7 Å². The lowest BCUT2D eigenvalue weighted by molar-refractivity contribution is -0.141. The van der Waals surface area contributed by atoms with Crippen LogP contribution in [0.15, 0.2) is 18.6 Å². The van der Waals surface area contributed by atoms with Gasteiger partial charge in [-0.15, -0.1) is 0 Å². The Morgan fingerprint density at radius 2 is 2.04 bits per heavy atom. The Bertz CT molecular complexity index is 840. The molecule has 144 valence electrons. The number of piperidine rings is 2. The number of H-pyrrole nitrogens is 1. The number of aromatic amines is 1. The number of fused-ring (bicyclic) bond motifs is 1. The van der Waals surface area contributed by atoms with E-state index in [1.165, 1.54) is 0 Å². The van der Waals surface area contributed by atoms with Crippen molar-refractivity contribution in [3.8, 4) is 0 Å². The minimum atomic E-state index is 0.288. The second kappa shape index (κ2) is 6.48. The van der Waals surface area contributed by atoms with Crippen LogP contribution in [0.25, 0.3) is 11.0 Å². The van der Waals surface area contributed by atoms with E-state index < -0.39 is 0 Å². The van der Waals surface area contributed by atoms with Crippen LogP contribution in [0, 0.1) is 5.41 Å². The van der Waals surface area contributed by atoms with Crippen LogP contribution in [-0.4, -0.2) is 76.5 Å².